The fourth-order valence-corrected chi connectivity index (χ4v) is 1.90. The largest absolute Gasteiger partial charge is 0.478 e. The molecule has 1 aromatic carbocycles. The van der Waals surface area contributed by atoms with Crippen LogP contribution in [0, 0.1) is 0 Å². The van der Waals surface area contributed by atoms with Gasteiger partial charge in [-0.2, -0.15) is 0 Å². The van der Waals surface area contributed by atoms with Gasteiger partial charge >= 0.3 is 5.97 Å². The smallest absolute Gasteiger partial charge is 0.335 e. The van der Waals surface area contributed by atoms with Gasteiger partial charge in [0.2, 0.25) is 0 Å². The zero-order chi connectivity index (χ0) is 12.1. The Morgan fingerprint density at radius 2 is 2.25 bits per heavy atom. The summed E-state index contributed by atoms with van der Waals surface area (Å²) in [4.78, 5) is 10.8. The Bertz CT molecular complexity index is 379. The molecule has 0 heterocycles. The average Bonchev–Trinajstić information content (AvgIpc) is 2.21. The molecule has 1 rings (SSSR count). The highest BCUT2D eigenvalue weighted by Crippen LogP contribution is 2.24. The standard InChI is InChI=1S/C12H16BrNO2/c1-3-4-8(2)14-11-7-9(12(15)16)5-6-10(11)13/h5-8,14H,3-4H2,1-2H3,(H,15,16). The number of carbonyl (C=O) groups is 1. The van der Waals surface area contributed by atoms with Crippen molar-refractivity contribution in [3.63, 3.8) is 0 Å². The number of hydrogen-bond acceptors (Lipinski definition) is 2. The summed E-state index contributed by atoms with van der Waals surface area (Å²) < 4.78 is 0.889. The summed E-state index contributed by atoms with van der Waals surface area (Å²) in [6.45, 7) is 4.21. The molecule has 0 bridgehead atoms. The number of hydrogen-bond donors (Lipinski definition) is 2. The van der Waals surface area contributed by atoms with Gasteiger partial charge in [-0.05, 0) is 47.5 Å². The number of anilines is 1. The summed E-state index contributed by atoms with van der Waals surface area (Å²) >= 11 is 3.40. The van der Waals surface area contributed by atoms with Crippen LogP contribution in [0.3, 0.4) is 0 Å². The average molecular weight is 286 g/mol. The molecule has 1 aromatic rings. The first kappa shape index (κ1) is 13.0. The lowest BCUT2D eigenvalue weighted by Gasteiger charge is -2.16. The molecule has 1 unspecified atom stereocenters. The van der Waals surface area contributed by atoms with Crippen LogP contribution in [0.4, 0.5) is 5.69 Å². The molecule has 0 saturated heterocycles. The molecule has 0 fully saturated rings. The number of carboxylic acid groups (broad SMARTS) is 1. The highest BCUT2D eigenvalue weighted by molar-refractivity contribution is 9.10. The Kier molecular flexibility index (Phi) is 4.80. The van der Waals surface area contributed by atoms with Gasteiger partial charge in [0, 0.05) is 16.2 Å². The normalized spacial score (nSPS) is 12.2. The first-order valence-corrected chi connectivity index (χ1v) is 6.13. The van der Waals surface area contributed by atoms with E-state index in [0.717, 1.165) is 23.0 Å². The van der Waals surface area contributed by atoms with E-state index in [1.54, 1.807) is 18.2 Å². The molecule has 1 atom stereocenters. The minimum Gasteiger partial charge on any atom is -0.478 e. The van der Waals surface area contributed by atoms with E-state index in [-0.39, 0.29) is 0 Å². The second-order valence-corrected chi connectivity index (χ2v) is 4.69. The molecule has 16 heavy (non-hydrogen) atoms. The molecule has 0 radical (unpaired) electrons. The van der Waals surface area contributed by atoms with Gasteiger partial charge in [0.15, 0.2) is 0 Å². The fraction of sp³-hybridized carbons (Fsp3) is 0.417. The van der Waals surface area contributed by atoms with Gasteiger partial charge in [-0.25, -0.2) is 4.79 Å². The quantitative estimate of drug-likeness (QED) is 0.866. The van der Waals surface area contributed by atoms with E-state index in [2.05, 4.69) is 35.1 Å². The van der Waals surface area contributed by atoms with Crippen molar-refractivity contribution in [1.82, 2.24) is 0 Å². The van der Waals surface area contributed by atoms with Gasteiger partial charge in [-0.1, -0.05) is 13.3 Å². The minimum atomic E-state index is -0.904. The maximum atomic E-state index is 10.8. The van der Waals surface area contributed by atoms with E-state index < -0.39 is 5.97 Å². The third-order valence-corrected chi connectivity index (χ3v) is 3.03. The van der Waals surface area contributed by atoms with E-state index in [1.807, 2.05) is 0 Å². The summed E-state index contributed by atoms with van der Waals surface area (Å²) in [6, 6.07) is 5.33. The van der Waals surface area contributed by atoms with Crippen LogP contribution in [0.25, 0.3) is 0 Å². The zero-order valence-electron chi connectivity index (χ0n) is 9.46. The predicted octanol–water partition coefficient (Wildman–Crippen LogP) is 3.75. The Morgan fingerprint density at radius 1 is 1.56 bits per heavy atom. The van der Waals surface area contributed by atoms with Gasteiger partial charge in [-0.15, -0.1) is 0 Å². The maximum Gasteiger partial charge on any atom is 0.335 e. The second-order valence-electron chi connectivity index (χ2n) is 3.83. The van der Waals surface area contributed by atoms with Crippen molar-refractivity contribution in [3.8, 4) is 0 Å². The molecule has 4 heteroatoms. The zero-order valence-corrected chi connectivity index (χ0v) is 11.0. The number of halogens is 1. The molecule has 0 aliphatic heterocycles. The molecule has 0 aliphatic carbocycles. The third kappa shape index (κ3) is 3.52. The molecular formula is C12H16BrNO2. The van der Waals surface area contributed by atoms with Crippen molar-refractivity contribution >= 4 is 27.6 Å². The van der Waals surface area contributed by atoms with E-state index in [9.17, 15) is 4.79 Å². The minimum absolute atomic E-state index is 0.300. The SMILES string of the molecule is CCCC(C)Nc1cc(C(=O)O)ccc1Br. The Morgan fingerprint density at radius 3 is 2.81 bits per heavy atom. The second kappa shape index (κ2) is 5.89. The molecule has 2 N–H and O–H groups in total. The van der Waals surface area contributed by atoms with E-state index in [1.165, 1.54) is 0 Å². The van der Waals surface area contributed by atoms with Gasteiger partial charge in [0.25, 0.3) is 0 Å². The molecule has 0 aliphatic rings. The van der Waals surface area contributed by atoms with Crippen molar-refractivity contribution in [2.24, 2.45) is 0 Å². The number of rotatable bonds is 5. The van der Waals surface area contributed by atoms with Crippen molar-refractivity contribution in [2.45, 2.75) is 32.7 Å². The van der Waals surface area contributed by atoms with Gasteiger partial charge in [0.1, 0.15) is 0 Å². The Hall–Kier alpha value is -1.03. The molecule has 0 amide bonds. The van der Waals surface area contributed by atoms with E-state index in [0.29, 0.717) is 11.6 Å². The predicted molar refractivity (Wildman–Crippen MR) is 69.1 cm³/mol. The summed E-state index contributed by atoms with van der Waals surface area (Å²) in [7, 11) is 0. The third-order valence-electron chi connectivity index (χ3n) is 2.34. The van der Waals surface area contributed by atoms with Crippen LogP contribution >= 0.6 is 15.9 Å². The number of aromatic carboxylic acids is 1. The summed E-state index contributed by atoms with van der Waals surface area (Å²) in [5.74, 6) is -0.904. The maximum absolute atomic E-state index is 10.8. The topological polar surface area (TPSA) is 49.3 Å². The van der Waals surface area contributed by atoms with Crippen LogP contribution in [0.5, 0.6) is 0 Å². The molecule has 0 saturated carbocycles. The molecule has 3 nitrogen and oxygen atoms in total. The van der Waals surface area contributed by atoms with Crippen LogP contribution in [0.15, 0.2) is 22.7 Å². The lowest BCUT2D eigenvalue weighted by molar-refractivity contribution is 0.0697. The Balaban J connectivity index is 2.85. The van der Waals surface area contributed by atoms with Gasteiger partial charge in [-0.3, -0.25) is 0 Å². The summed E-state index contributed by atoms with van der Waals surface area (Å²) in [5.41, 5.74) is 1.13. The van der Waals surface area contributed by atoms with Crippen LogP contribution in [0.2, 0.25) is 0 Å². The van der Waals surface area contributed by atoms with Crippen LogP contribution in [-0.4, -0.2) is 17.1 Å². The number of carboxylic acids is 1. The van der Waals surface area contributed by atoms with Crippen molar-refractivity contribution in [2.75, 3.05) is 5.32 Å². The van der Waals surface area contributed by atoms with Gasteiger partial charge < -0.3 is 10.4 Å². The van der Waals surface area contributed by atoms with E-state index >= 15 is 0 Å². The van der Waals surface area contributed by atoms with Crippen LogP contribution in [-0.2, 0) is 0 Å². The fourth-order valence-electron chi connectivity index (χ4n) is 1.54. The lowest BCUT2D eigenvalue weighted by Crippen LogP contribution is -2.15. The van der Waals surface area contributed by atoms with Gasteiger partial charge in [0.05, 0.1) is 5.56 Å². The first-order valence-electron chi connectivity index (χ1n) is 5.34. The monoisotopic (exact) mass is 285 g/mol. The summed E-state index contributed by atoms with van der Waals surface area (Å²) in [5, 5.41) is 12.2. The lowest BCUT2D eigenvalue weighted by atomic mass is 10.1. The first-order chi connectivity index (χ1) is 7.54. The highest BCUT2D eigenvalue weighted by Gasteiger charge is 2.08. The van der Waals surface area contributed by atoms with Crippen molar-refractivity contribution in [3.05, 3.63) is 28.2 Å². The highest BCUT2D eigenvalue weighted by atomic mass is 79.9. The van der Waals surface area contributed by atoms with E-state index in [4.69, 9.17) is 5.11 Å². The Labute approximate surface area is 104 Å². The van der Waals surface area contributed by atoms with Crippen LogP contribution in [0.1, 0.15) is 37.0 Å². The van der Waals surface area contributed by atoms with Crippen molar-refractivity contribution < 1.29 is 9.90 Å². The van der Waals surface area contributed by atoms with Crippen LogP contribution < -0.4 is 5.32 Å². The molecular weight excluding hydrogens is 270 g/mol. The number of benzene rings is 1. The molecule has 0 spiro atoms. The molecule has 88 valence electrons. The molecule has 0 aromatic heterocycles. The summed E-state index contributed by atoms with van der Waals surface area (Å²) in [6.07, 6.45) is 2.16. The van der Waals surface area contributed by atoms with Crippen molar-refractivity contribution in [1.29, 1.82) is 0 Å². The number of nitrogens with one attached hydrogen (secondary N) is 1.